The maximum absolute atomic E-state index is 12.8. The summed E-state index contributed by atoms with van der Waals surface area (Å²) >= 11 is 0. The van der Waals surface area contributed by atoms with Gasteiger partial charge >= 0.3 is 17.9 Å². The van der Waals surface area contributed by atoms with Gasteiger partial charge in [0.1, 0.15) is 13.2 Å². The Kier molecular flexibility index (Phi) is 48.5. The van der Waals surface area contributed by atoms with E-state index in [2.05, 4.69) is 130 Å². The number of hydrogen-bond donors (Lipinski definition) is 0. The van der Waals surface area contributed by atoms with E-state index in [1.54, 1.807) is 0 Å². The van der Waals surface area contributed by atoms with Gasteiger partial charge in [-0.2, -0.15) is 0 Å². The molecule has 0 aromatic carbocycles. The highest BCUT2D eigenvalue weighted by molar-refractivity contribution is 5.71. The lowest BCUT2D eigenvalue weighted by Gasteiger charge is -2.18. The van der Waals surface area contributed by atoms with Crippen molar-refractivity contribution in [1.82, 2.24) is 0 Å². The van der Waals surface area contributed by atoms with Crippen molar-refractivity contribution >= 4 is 17.9 Å². The van der Waals surface area contributed by atoms with Gasteiger partial charge in [0.25, 0.3) is 0 Å². The van der Waals surface area contributed by atoms with Crippen molar-refractivity contribution in [2.75, 3.05) is 13.2 Å². The molecule has 6 nitrogen and oxygen atoms in total. The molecule has 64 heavy (non-hydrogen) atoms. The topological polar surface area (TPSA) is 78.9 Å². The summed E-state index contributed by atoms with van der Waals surface area (Å²) in [6.45, 7) is 6.32. The summed E-state index contributed by atoms with van der Waals surface area (Å²) < 4.78 is 16.7. The van der Waals surface area contributed by atoms with Crippen molar-refractivity contribution < 1.29 is 28.6 Å². The third-order valence-corrected chi connectivity index (χ3v) is 10.5. The van der Waals surface area contributed by atoms with Gasteiger partial charge in [0.15, 0.2) is 6.10 Å². The Morgan fingerprint density at radius 1 is 0.328 bits per heavy atom. The van der Waals surface area contributed by atoms with Gasteiger partial charge in [0, 0.05) is 19.3 Å². The van der Waals surface area contributed by atoms with E-state index in [0.717, 1.165) is 96.3 Å². The van der Waals surface area contributed by atoms with Gasteiger partial charge < -0.3 is 14.2 Å². The summed E-state index contributed by atoms with van der Waals surface area (Å²) in [7, 11) is 0. The SMILES string of the molecule is CC/C=C\C/C=C\C/C=C\C/C=C\C/C=C\CCCC(=O)OCC(COC(=O)CCCCCCCCCCCCCCCC)OC(=O)CCCC/C=C\C/C=C\C/C=C\C/C=C\CC. The van der Waals surface area contributed by atoms with E-state index < -0.39 is 6.10 Å². The summed E-state index contributed by atoms with van der Waals surface area (Å²) in [5.74, 6) is -1.02. The first kappa shape index (κ1) is 60.1. The zero-order chi connectivity index (χ0) is 46.5. The minimum atomic E-state index is -0.822. The summed E-state index contributed by atoms with van der Waals surface area (Å²) in [5.41, 5.74) is 0. The average molecular weight is 887 g/mol. The fraction of sp³-hybridized carbons (Fsp3) is 0.638. The number of carbonyl (C=O) groups is 3. The average Bonchev–Trinajstić information content (AvgIpc) is 3.29. The molecule has 0 spiro atoms. The molecule has 1 atom stereocenters. The van der Waals surface area contributed by atoms with Crippen molar-refractivity contribution in [2.24, 2.45) is 0 Å². The molecule has 0 amide bonds. The number of carbonyl (C=O) groups excluding carboxylic acids is 3. The molecule has 0 bridgehead atoms. The molecule has 0 N–H and O–H groups in total. The second-order valence-corrected chi connectivity index (χ2v) is 16.7. The Bertz CT molecular complexity index is 1340. The maximum Gasteiger partial charge on any atom is 0.306 e. The Morgan fingerprint density at radius 2 is 0.625 bits per heavy atom. The first-order valence-corrected chi connectivity index (χ1v) is 25.9. The van der Waals surface area contributed by atoms with E-state index in [4.69, 9.17) is 14.2 Å². The van der Waals surface area contributed by atoms with Crippen LogP contribution in [-0.2, 0) is 28.6 Å². The normalized spacial score (nSPS) is 13.0. The third-order valence-electron chi connectivity index (χ3n) is 10.5. The van der Waals surface area contributed by atoms with Gasteiger partial charge in [-0.3, -0.25) is 14.4 Å². The number of ether oxygens (including phenoxy) is 3. The zero-order valence-electron chi connectivity index (χ0n) is 41.3. The molecule has 1 unspecified atom stereocenters. The van der Waals surface area contributed by atoms with Crippen LogP contribution in [0.3, 0.4) is 0 Å². The molecule has 0 fully saturated rings. The molecular weight excluding hydrogens is 793 g/mol. The molecule has 0 rings (SSSR count). The van der Waals surface area contributed by atoms with Crippen LogP contribution in [-0.4, -0.2) is 37.2 Å². The molecule has 362 valence electrons. The fourth-order valence-electron chi connectivity index (χ4n) is 6.70. The summed E-state index contributed by atoms with van der Waals surface area (Å²) in [6, 6.07) is 0. The van der Waals surface area contributed by atoms with E-state index in [-0.39, 0.29) is 44.0 Å². The van der Waals surface area contributed by atoms with Gasteiger partial charge in [0.05, 0.1) is 0 Å². The summed E-state index contributed by atoms with van der Waals surface area (Å²) in [4.78, 5) is 38.0. The lowest BCUT2D eigenvalue weighted by Crippen LogP contribution is -2.30. The molecule has 0 aliphatic rings. The van der Waals surface area contributed by atoms with E-state index in [9.17, 15) is 14.4 Å². The van der Waals surface area contributed by atoms with Gasteiger partial charge in [-0.15, -0.1) is 0 Å². The molecule has 0 aromatic rings. The minimum Gasteiger partial charge on any atom is -0.462 e. The number of esters is 3. The van der Waals surface area contributed by atoms with Gasteiger partial charge in [0.2, 0.25) is 0 Å². The Morgan fingerprint density at radius 3 is 1.02 bits per heavy atom. The molecule has 0 heterocycles. The van der Waals surface area contributed by atoms with Crippen molar-refractivity contribution in [1.29, 1.82) is 0 Å². The van der Waals surface area contributed by atoms with Crippen molar-refractivity contribution in [3.8, 4) is 0 Å². The number of hydrogen-bond acceptors (Lipinski definition) is 6. The van der Waals surface area contributed by atoms with Crippen LogP contribution in [0.15, 0.2) is 109 Å². The first-order chi connectivity index (χ1) is 31.5. The van der Waals surface area contributed by atoms with Gasteiger partial charge in [-0.25, -0.2) is 0 Å². The van der Waals surface area contributed by atoms with E-state index >= 15 is 0 Å². The van der Waals surface area contributed by atoms with Crippen LogP contribution < -0.4 is 0 Å². The Balaban J connectivity index is 4.55. The van der Waals surface area contributed by atoms with Crippen LogP contribution >= 0.6 is 0 Å². The summed E-state index contributed by atoms with van der Waals surface area (Å²) in [6.07, 6.45) is 69.4. The highest BCUT2D eigenvalue weighted by Crippen LogP contribution is 2.14. The van der Waals surface area contributed by atoms with Crippen molar-refractivity contribution in [2.45, 2.75) is 226 Å². The fourth-order valence-corrected chi connectivity index (χ4v) is 6.70. The third kappa shape index (κ3) is 49.1. The highest BCUT2D eigenvalue weighted by atomic mass is 16.6. The summed E-state index contributed by atoms with van der Waals surface area (Å²) in [5, 5.41) is 0. The maximum atomic E-state index is 12.8. The van der Waals surface area contributed by atoms with Crippen LogP contribution in [0.5, 0.6) is 0 Å². The highest BCUT2D eigenvalue weighted by Gasteiger charge is 2.19. The smallest absolute Gasteiger partial charge is 0.306 e. The largest absolute Gasteiger partial charge is 0.462 e. The first-order valence-electron chi connectivity index (χ1n) is 25.9. The van der Waals surface area contributed by atoms with E-state index in [0.29, 0.717) is 19.3 Å². The van der Waals surface area contributed by atoms with Crippen molar-refractivity contribution in [3.05, 3.63) is 109 Å². The standard InChI is InChI=1S/C58H94O6/c1-4-7-10-13-16-19-22-25-28-29-31-33-36-39-42-45-48-51-57(60)63-54-55(53-62-56(59)50-47-44-41-38-35-32-27-24-21-18-15-12-9-6-3)64-58(61)52-49-46-43-40-37-34-30-26-23-20-17-14-11-8-5-2/h7-8,10-11,16-17,19-20,25-26,28,30-31,33,37,39-40,42,55H,4-6,9,12-15,18,21-24,27,29,32,34-36,38,41,43-54H2,1-3H3/b10-7-,11-8-,19-16-,20-17-,28-25-,30-26-,33-31-,40-37-,42-39-. The van der Waals surface area contributed by atoms with E-state index in [1.165, 1.54) is 70.6 Å². The molecule has 0 aliphatic heterocycles. The van der Waals surface area contributed by atoms with Gasteiger partial charge in [-0.1, -0.05) is 214 Å². The van der Waals surface area contributed by atoms with Crippen LogP contribution in [0.4, 0.5) is 0 Å². The lowest BCUT2D eigenvalue weighted by molar-refractivity contribution is -0.167. The molecule has 0 radical (unpaired) electrons. The molecule has 0 aliphatic carbocycles. The Labute approximate surface area is 393 Å². The number of allylic oxidation sites excluding steroid dienone is 18. The monoisotopic (exact) mass is 887 g/mol. The van der Waals surface area contributed by atoms with E-state index in [1.807, 2.05) is 0 Å². The molecule has 0 saturated carbocycles. The minimum absolute atomic E-state index is 0.113. The van der Waals surface area contributed by atoms with Gasteiger partial charge in [-0.05, 0) is 96.3 Å². The van der Waals surface area contributed by atoms with Crippen molar-refractivity contribution in [3.63, 3.8) is 0 Å². The van der Waals surface area contributed by atoms with Crippen LogP contribution in [0.2, 0.25) is 0 Å². The predicted octanol–water partition coefficient (Wildman–Crippen LogP) is 17.1. The van der Waals surface area contributed by atoms with Crippen LogP contribution in [0.1, 0.15) is 220 Å². The van der Waals surface area contributed by atoms with Crippen LogP contribution in [0.25, 0.3) is 0 Å². The number of unbranched alkanes of at least 4 members (excludes halogenated alkanes) is 16. The molecule has 6 heteroatoms. The molecule has 0 aromatic heterocycles. The second kappa shape index (κ2) is 51.7. The van der Waals surface area contributed by atoms with Crippen LogP contribution in [0, 0.1) is 0 Å². The Hall–Kier alpha value is -3.93. The zero-order valence-corrected chi connectivity index (χ0v) is 41.3. The predicted molar refractivity (Wildman–Crippen MR) is 274 cm³/mol. The second-order valence-electron chi connectivity index (χ2n) is 16.7. The molecule has 0 saturated heterocycles. The lowest BCUT2D eigenvalue weighted by atomic mass is 10.0. The molecular formula is C58H94O6. The number of rotatable bonds is 45. The quantitative estimate of drug-likeness (QED) is 0.0262.